The Hall–Kier alpha value is -2.76. The van der Waals surface area contributed by atoms with Crippen LogP contribution >= 0.6 is 0 Å². The van der Waals surface area contributed by atoms with E-state index in [1.54, 1.807) is 6.07 Å². The van der Waals surface area contributed by atoms with E-state index in [-0.39, 0.29) is 24.3 Å². The van der Waals surface area contributed by atoms with Crippen molar-refractivity contribution in [1.82, 2.24) is 4.98 Å². The zero-order chi connectivity index (χ0) is 15.4. The summed E-state index contributed by atoms with van der Waals surface area (Å²) in [7, 11) is 0. The molecular weight excluding hydrogens is 275 g/mol. The standard InChI is InChI=1S/C15H13FN2O3/c16-11-3-1-2-9(6-11)10-7-13(20)15(18-8-10)12(19)4-5-14(17)21/h1-3,6-8,20H,4-5H2,(H2,17,21). The van der Waals surface area contributed by atoms with E-state index in [1.807, 2.05) is 0 Å². The topological polar surface area (TPSA) is 93.3 Å². The molecule has 0 aliphatic heterocycles. The molecule has 0 bridgehead atoms. The van der Waals surface area contributed by atoms with Gasteiger partial charge in [-0.15, -0.1) is 0 Å². The molecule has 0 fully saturated rings. The monoisotopic (exact) mass is 288 g/mol. The summed E-state index contributed by atoms with van der Waals surface area (Å²) in [6.07, 6.45) is 1.15. The van der Waals surface area contributed by atoms with Crippen LogP contribution in [0.3, 0.4) is 0 Å². The second kappa shape index (κ2) is 6.13. The summed E-state index contributed by atoms with van der Waals surface area (Å²) >= 11 is 0. The second-order valence-corrected chi connectivity index (χ2v) is 4.49. The summed E-state index contributed by atoms with van der Waals surface area (Å²) in [5.41, 5.74) is 5.85. The number of hydrogen-bond donors (Lipinski definition) is 2. The van der Waals surface area contributed by atoms with Gasteiger partial charge in [0.2, 0.25) is 5.91 Å². The number of primary amides is 1. The van der Waals surface area contributed by atoms with E-state index in [0.717, 1.165) is 0 Å². The first kappa shape index (κ1) is 14.6. The minimum Gasteiger partial charge on any atom is -0.506 e. The third kappa shape index (κ3) is 3.62. The van der Waals surface area contributed by atoms with Crippen molar-refractivity contribution in [3.63, 3.8) is 0 Å². The molecule has 0 aliphatic rings. The van der Waals surface area contributed by atoms with Crippen LogP contribution in [-0.2, 0) is 4.79 Å². The van der Waals surface area contributed by atoms with Crippen molar-refractivity contribution < 1.29 is 19.1 Å². The van der Waals surface area contributed by atoms with E-state index < -0.39 is 17.5 Å². The van der Waals surface area contributed by atoms with Crippen molar-refractivity contribution in [3.05, 3.63) is 48.0 Å². The number of carbonyl (C=O) groups is 2. The zero-order valence-corrected chi connectivity index (χ0v) is 11.0. The summed E-state index contributed by atoms with van der Waals surface area (Å²) < 4.78 is 13.2. The quantitative estimate of drug-likeness (QED) is 0.823. The second-order valence-electron chi connectivity index (χ2n) is 4.49. The Bertz CT molecular complexity index is 701. The van der Waals surface area contributed by atoms with Gasteiger partial charge in [-0.25, -0.2) is 9.37 Å². The molecule has 1 aromatic carbocycles. The highest BCUT2D eigenvalue weighted by Crippen LogP contribution is 2.26. The Balaban J connectivity index is 2.25. The molecule has 0 saturated carbocycles. The highest BCUT2D eigenvalue weighted by atomic mass is 19.1. The lowest BCUT2D eigenvalue weighted by atomic mass is 10.1. The van der Waals surface area contributed by atoms with Gasteiger partial charge in [-0.1, -0.05) is 12.1 Å². The molecule has 0 saturated heterocycles. The number of amides is 1. The van der Waals surface area contributed by atoms with Crippen LogP contribution in [-0.4, -0.2) is 21.8 Å². The number of nitrogens with two attached hydrogens (primary N) is 1. The molecule has 1 amide bonds. The van der Waals surface area contributed by atoms with Crippen LogP contribution in [0.4, 0.5) is 4.39 Å². The first-order valence-electron chi connectivity index (χ1n) is 6.24. The highest BCUT2D eigenvalue weighted by Gasteiger charge is 2.15. The molecule has 3 N–H and O–H groups in total. The predicted octanol–water partition coefficient (Wildman–Crippen LogP) is 2.04. The minimum absolute atomic E-state index is 0.106. The van der Waals surface area contributed by atoms with Gasteiger partial charge in [0.1, 0.15) is 17.3 Å². The van der Waals surface area contributed by atoms with Crippen molar-refractivity contribution in [2.24, 2.45) is 5.73 Å². The van der Waals surface area contributed by atoms with Crippen molar-refractivity contribution in [3.8, 4) is 16.9 Å². The fourth-order valence-corrected chi connectivity index (χ4v) is 1.85. The lowest BCUT2D eigenvalue weighted by molar-refractivity contribution is -0.118. The summed E-state index contributed by atoms with van der Waals surface area (Å²) in [4.78, 5) is 26.3. The minimum atomic E-state index is -0.598. The molecule has 0 unspecified atom stereocenters. The van der Waals surface area contributed by atoms with Gasteiger partial charge in [0.25, 0.3) is 0 Å². The number of pyridine rings is 1. The largest absolute Gasteiger partial charge is 0.506 e. The summed E-state index contributed by atoms with van der Waals surface area (Å²) in [6.45, 7) is 0. The number of halogens is 1. The van der Waals surface area contributed by atoms with Crippen LogP contribution in [0.5, 0.6) is 5.75 Å². The maximum atomic E-state index is 13.2. The van der Waals surface area contributed by atoms with Gasteiger partial charge < -0.3 is 10.8 Å². The smallest absolute Gasteiger partial charge is 0.217 e. The van der Waals surface area contributed by atoms with E-state index in [4.69, 9.17) is 5.73 Å². The number of hydrogen-bond acceptors (Lipinski definition) is 4. The zero-order valence-electron chi connectivity index (χ0n) is 11.0. The van der Waals surface area contributed by atoms with E-state index in [0.29, 0.717) is 11.1 Å². The molecule has 5 nitrogen and oxygen atoms in total. The molecule has 0 aliphatic carbocycles. The van der Waals surface area contributed by atoms with Crippen LogP contribution < -0.4 is 5.73 Å². The number of aromatic nitrogens is 1. The van der Waals surface area contributed by atoms with Crippen LogP contribution in [0, 0.1) is 5.82 Å². The van der Waals surface area contributed by atoms with Crippen molar-refractivity contribution in [2.75, 3.05) is 0 Å². The van der Waals surface area contributed by atoms with Gasteiger partial charge in [-0.3, -0.25) is 9.59 Å². The predicted molar refractivity (Wildman–Crippen MR) is 74.1 cm³/mol. The average molecular weight is 288 g/mol. The third-order valence-electron chi connectivity index (χ3n) is 2.89. The molecule has 1 aromatic heterocycles. The Labute approximate surface area is 120 Å². The first-order valence-corrected chi connectivity index (χ1v) is 6.24. The van der Waals surface area contributed by atoms with Gasteiger partial charge >= 0.3 is 0 Å². The number of nitrogens with zero attached hydrogens (tertiary/aromatic N) is 1. The average Bonchev–Trinajstić information content (AvgIpc) is 2.44. The molecule has 1 heterocycles. The van der Waals surface area contributed by atoms with Crippen molar-refractivity contribution in [2.45, 2.75) is 12.8 Å². The summed E-state index contributed by atoms with van der Waals surface area (Å²) in [5, 5.41) is 9.86. The van der Waals surface area contributed by atoms with Gasteiger partial charge in [-0.05, 0) is 23.8 Å². The van der Waals surface area contributed by atoms with Crippen molar-refractivity contribution in [1.29, 1.82) is 0 Å². The van der Waals surface area contributed by atoms with E-state index >= 15 is 0 Å². The lowest BCUT2D eigenvalue weighted by Gasteiger charge is -2.06. The molecule has 2 aromatic rings. The van der Waals surface area contributed by atoms with Gasteiger partial charge in [0.05, 0.1) is 0 Å². The van der Waals surface area contributed by atoms with Gasteiger partial charge in [-0.2, -0.15) is 0 Å². The Kier molecular flexibility index (Phi) is 4.27. The number of carbonyl (C=O) groups excluding carboxylic acids is 2. The fourth-order valence-electron chi connectivity index (χ4n) is 1.85. The maximum absolute atomic E-state index is 13.2. The van der Waals surface area contributed by atoms with Crippen LogP contribution in [0.2, 0.25) is 0 Å². The SMILES string of the molecule is NC(=O)CCC(=O)c1ncc(-c2cccc(F)c2)cc1O. The molecule has 0 spiro atoms. The Morgan fingerprint density at radius 1 is 1.19 bits per heavy atom. The van der Waals surface area contributed by atoms with Crippen LogP contribution in [0.1, 0.15) is 23.3 Å². The Morgan fingerprint density at radius 3 is 2.57 bits per heavy atom. The van der Waals surface area contributed by atoms with Gasteiger partial charge in [0, 0.05) is 24.6 Å². The molecule has 2 rings (SSSR count). The highest BCUT2D eigenvalue weighted by molar-refractivity contribution is 5.98. The Morgan fingerprint density at radius 2 is 1.95 bits per heavy atom. The lowest BCUT2D eigenvalue weighted by Crippen LogP contribution is -2.13. The van der Waals surface area contributed by atoms with E-state index in [9.17, 15) is 19.1 Å². The van der Waals surface area contributed by atoms with E-state index in [1.165, 1.54) is 30.5 Å². The molecule has 6 heteroatoms. The summed E-state index contributed by atoms with van der Waals surface area (Å²) in [5.74, 6) is -1.80. The maximum Gasteiger partial charge on any atom is 0.217 e. The number of ketones is 1. The van der Waals surface area contributed by atoms with Crippen LogP contribution in [0.15, 0.2) is 36.5 Å². The fraction of sp³-hybridized carbons (Fsp3) is 0.133. The normalized spacial score (nSPS) is 10.3. The number of aromatic hydroxyl groups is 1. The molecule has 0 radical (unpaired) electrons. The van der Waals surface area contributed by atoms with Crippen LogP contribution in [0.25, 0.3) is 11.1 Å². The number of benzene rings is 1. The molecular formula is C15H13FN2O3. The molecule has 108 valence electrons. The third-order valence-corrected chi connectivity index (χ3v) is 2.89. The summed E-state index contributed by atoms with van der Waals surface area (Å²) in [6, 6.07) is 7.13. The molecule has 0 atom stereocenters. The number of Topliss-reactive ketones (excluding diaryl/α,β-unsaturated/α-hetero) is 1. The van der Waals surface area contributed by atoms with Gasteiger partial charge in [0.15, 0.2) is 5.78 Å². The van der Waals surface area contributed by atoms with E-state index in [2.05, 4.69) is 4.98 Å². The first-order chi connectivity index (χ1) is 9.97. The molecule has 21 heavy (non-hydrogen) atoms. The number of rotatable bonds is 5. The van der Waals surface area contributed by atoms with Crippen molar-refractivity contribution >= 4 is 11.7 Å².